The molecule has 0 bridgehead atoms. The molecule has 2 atom stereocenters. The number of rotatable bonds is 46. The van der Waals surface area contributed by atoms with E-state index in [0.717, 1.165) is 51.4 Å². The first-order valence-corrected chi connectivity index (χ1v) is 26.4. The largest absolute Gasteiger partial charge is 0.472 e. The molecule has 0 saturated heterocycles. The van der Waals surface area contributed by atoms with E-state index in [1.807, 2.05) is 21.1 Å². The van der Waals surface area contributed by atoms with Crippen LogP contribution in [-0.4, -0.2) is 74.9 Å². The maximum atomic E-state index is 12.7. The molecule has 1 N–H and O–H groups in total. The summed E-state index contributed by atoms with van der Waals surface area (Å²) in [5, 5.41) is 0. The lowest BCUT2D eigenvalue weighted by atomic mass is 10.0. The maximum Gasteiger partial charge on any atom is 0.472 e. The van der Waals surface area contributed by atoms with Gasteiger partial charge in [-0.3, -0.25) is 18.6 Å². The molecular formula is C49H97NO8P+. The van der Waals surface area contributed by atoms with E-state index < -0.39 is 26.5 Å². The average molecular weight is 859 g/mol. The highest BCUT2D eigenvalue weighted by Gasteiger charge is 2.27. The number of nitrogens with zero attached hydrogens (tertiary/aromatic N) is 1. The quantitative estimate of drug-likeness (QED) is 0.0212. The first-order valence-electron chi connectivity index (χ1n) is 24.9. The van der Waals surface area contributed by atoms with Crippen molar-refractivity contribution in [3.63, 3.8) is 0 Å². The normalized spacial score (nSPS) is 13.5. The second kappa shape index (κ2) is 42.1. The van der Waals surface area contributed by atoms with Crippen LogP contribution in [-0.2, 0) is 32.7 Å². The molecule has 0 aromatic heterocycles. The van der Waals surface area contributed by atoms with Gasteiger partial charge in [-0.2, -0.15) is 0 Å². The van der Waals surface area contributed by atoms with Gasteiger partial charge in [0, 0.05) is 12.8 Å². The monoisotopic (exact) mass is 859 g/mol. The van der Waals surface area contributed by atoms with Gasteiger partial charge in [0.2, 0.25) is 0 Å². The highest BCUT2D eigenvalue weighted by molar-refractivity contribution is 7.47. The van der Waals surface area contributed by atoms with E-state index in [1.54, 1.807) is 0 Å². The van der Waals surface area contributed by atoms with Crippen molar-refractivity contribution in [2.24, 2.45) is 0 Å². The van der Waals surface area contributed by atoms with E-state index >= 15 is 0 Å². The smallest absolute Gasteiger partial charge is 0.462 e. The Balaban J connectivity index is 4.24. The van der Waals surface area contributed by atoms with E-state index in [1.165, 1.54) is 154 Å². The van der Waals surface area contributed by atoms with Crippen molar-refractivity contribution in [3.05, 3.63) is 12.2 Å². The van der Waals surface area contributed by atoms with E-state index in [2.05, 4.69) is 26.0 Å². The van der Waals surface area contributed by atoms with Gasteiger partial charge in [-0.05, 0) is 38.5 Å². The van der Waals surface area contributed by atoms with Crippen molar-refractivity contribution < 1.29 is 42.1 Å². The molecule has 0 saturated carbocycles. The number of likely N-dealkylation sites (N-methyl/N-ethyl adjacent to an activating group) is 1. The molecule has 10 heteroatoms. The van der Waals surface area contributed by atoms with Gasteiger partial charge < -0.3 is 18.9 Å². The van der Waals surface area contributed by atoms with Crippen LogP contribution >= 0.6 is 7.82 Å². The molecule has 1 unspecified atom stereocenters. The fourth-order valence-corrected chi connectivity index (χ4v) is 7.87. The Labute approximate surface area is 365 Å². The summed E-state index contributed by atoms with van der Waals surface area (Å²) in [7, 11) is 1.48. The van der Waals surface area contributed by atoms with Crippen molar-refractivity contribution >= 4 is 19.8 Å². The molecule has 0 aliphatic rings. The third-order valence-electron chi connectivity index (χ3n) is 11.0. The van der Waals surface area contributed by atoms with E-state index in [-0.39, 0.29) is 25.6 Å². The second-order valence-electron chi connectivity index (χ2n) is 18.2. The molecule has 0 amide bonds. The number of quaternary nitrogens is 1. The molecule has 0 heterocycles. The third-order valence-corrected chi connectivity index (χ3v) is 12.0. The summed E-state index contributed by atoms with van der Waals surface area (Å²) in [6.45, 7) is 4.45. The Morgan fingerprint density at radius 3 is 1.25 bits per heavy atom. The third kappa shape index (κ3) is 46.1. The minimum atomic E-state index is -4.37. The van der Waals surface area contributed by atoms with E-state index in [4.69, 9.17) is 18.5 Å². The molecule has 0 radical (unpaired) electrons. The average Bonchev–Trinajstić information content (AvgIpc) is 3.19. The topological polar surface area (TPSA) is 108 Å². The summed E-state index contributed by atoms with van der Waals surface area (Å²) in [6, 6.07) is 0. The van der Waals surface area contributed by atoms with Crippen LogP contribution in [0.3, 0.4) is 0 Å². The molecule has 0 rings (SSSR count). The van der Waals surface area contributed by atoms with Crippen LogP contribution in [0, 0.1) is 0 Å². The van der Waals surface area contributed by atoms with Gasteiger partial charge in [-0.25, -0.2) is 4.57 Å². The van der Waals surface area contributed by atoms with Crippen molar-refractivity contribution in [2.45, 2.75) is 245 Å². The van der Waals surface area contributed by atoms with Gasteiger partial charge in [0.25, 0.3) is 0 Å². The molecule has 9 nitrogen and oxygen atoms in total. The number of esters is 2. The molecule has 350 valence electrons. The second-order valence-corrected chi connectivity index (χ2v) is 19.7. The summed E-state index contributed by atoms with van der Waals surface area (Å²) in [5.41, 5.74) is 0. The van der Waals surface area contributed by atoms with Crippen LogP contribution in [0.25, 0.3) is 0 Å². The predicted octanol–water partition coefficient (Wildman–Crippen LogP) is 14.5. The van der Waals surface area contributed by atoms with Crippen LogP contribution < -0.4 is 0 Å². The number of carbonyl (C=O) groups excluding carboxylic acids is 2. The minimum Gasteiger partial charge on any atom is -0.462 e. The summed E-state index contributed by atoms with van der Waals surface area (Å²) >= 11 is 0. The van der Waals surface area contributed by atoms with Crippen molar-refractivity contribution in [3.8, 4) is 0 Å². The molecule has 59 heavy (non-hydrogen) atoms. The number of unbranched alkanes of at least 4 members (excludes halogenated alkanes) is 30. The lowest BCUT2D eigenvalue weighted by Gasteiger charge is -2.24. The first-order chi connectivity index (χ1) is 28.5. The molecule has 0 aromatic rings. The standard InChI is InChI=1S/C49H96NO8P/c1-6-8-10-12-14-16-18-20-22-24-25-26-28-29-31-33-35-37-39-41-48(51)55-45-47(46-57-59(53,54)56-44-43-50(3,4)5)58-49(52)42-40-38-36-34-32-30-27-23-21-19-17-15-13-11-9-7-2/h23,27,47H,6-22,24-26,28-46H2,1-5H3/p+1/b27-23-/t47-/m1/s1. The Morgan fingerprint density at radius 1 is 0.508 bits per heavy atom. The van der Waals surface area contributed by atoms with E-state index in [0.29, 0.717) is 23.9 Å². The van der Waals surface area contributed by atoms with Gasteiger partial charge in [0.05, 0.1) is 27.7 Å². The van der Waals surface area contributed by atoms with Gasteiger partial charge in [0.15, 0.2) is 6.10 Å². The number of hydrogen-bond acceptors (Lipinski definition) is 7. The lowest BCUT2D eigenvalue weighted by Crippen LogP contribution is -2.37. The summed E-state index contributed by atoms with van der Waals surface area (Å²) < 4.78 is 34.4. The van der Waals surface area contributed by atoms with Gasteiger partial charge in [-0.15, -0.1) is 0 Å². The van der Waals surface area contributed by atoms with E-state index in [9.17, 15) is 19.0 Å². The number of allylic oxidation sites excluding steroid dienone is 2. The number of ether oxygens (including phenoxy) is 2. The lowest BCUT2D eigenvalue weighted by molar-refractivity contribution is -0.870. The molecule has 0 aliphatic carbocycles. The fraction of sp³-hybridized carbons (Fsp3) is 0.918. The number of phosphoric acid groups is 1. The zero-order chi connectivity index (χ0) is 43.6. The first kappa shape index (κ1) is 57.8. The molecular weight excluding hydrogens is 762 g/mol. The molecule has 0 aliphatic heterocycles. The molecule has 0 fully saturated rings. The summed E-state index contributed by atoms with van der Waals surface area (Å²) in [4.78, 5) is 35.5. The zero-order valence-electron chi connectivity index (χ0n) is 39.5. The highest BCUT2D eigenvalue weighted by atomic mass is 31.2. The number of phosphoric ester groups is 1. The Morgan fingerprint density at radius 2 is 0.864 bits per heavy atom. The highest BCUT2D eigenvalue weighted by Crippen LogP contribution is 2.43. The SMILES string of the molecule is CCCCCCCCC/C=C\CCCCCCCC(=O)O[C@H](COC(=O)CCCCCCCCCCCCCCCCCCCCC)COP(=O)(O)OCC[N+](C)(C)C. The molecule has 0 aromatic carbocycles. The van der Waals surface area contributed by atoms with Crippen molar-refractivity contribution in [1.29, 1.82) is 0 Å². The van der Waals surface area contributed by atoms with Crippen molar-refractivity contribution in [2.75, 3.05) is 47.5 Å². The number of hydrogen-bond donors (Lipinski definition) is 1. The van der Waals surface area contributed by atoms with Crippen LogP contribution in [0.5, 0.6) is 0 Å². The van der Waals surface area contributed by atoms with Crippen LogP contribution in [0.1, 0.15) is 239 Å². The minimum absolute atomic E-state index is 0.0334. The van der Waals surface area contributed by atoms with Gasteiger partial charge >= 0.3 is 19.8 Å². The zero-order valence-corrected chi connectivity index (χ0v) is 40.4. The predicted molar refractivity (Wildman–Crippen MR) is 248 cm³/mol. The Kier molecular flexibility index (Phi) is 41.2. The number of carbonyl (C=O) groups is 2. The molecule has 0 spiro atoms. The van der Waals surface area contributed by atoms with Gasteiger partial charge in [0.1, 0.15) is 19.8 Å². The van der Waals surface area contributed by atoms with Crippen molar-refractivity contribution in [1.82, 2.24) is 0 Å². The Hall–Kier alpha value is -1.25. The Bertz CT molecular complexity index is 1020. The van der Waals surface area contributed by atoms with Crippen LogP contribution in [0.4, 0.5) is 0 Å². The van der Waals surface area contributed by atoms with Crippen LogP contribution in [0.2, 0.25) is 0 Å². The summed E-state index contributed by atoms with van der Waals surface area (Å²) in [5.74, 6) is -0.794. The van der Waals surface area contributed by atoms with Crippen LogP contribution in [0.15, 0.2) is 12.2 Å². The fourth-order valence-electron chi connectivity index (χ4n) is 7.13. The maximum absolute atomic E-state index is 12.7. The summed E-state index contributed by atoms with van der Waals surface area (Å²) in [6.07, 6.45) is 45.4. The van der Waals surface area contributed by atoms with Gasteiger partial charge in [-0.1, -0.05) is 199 Å².